The fraction of sp³-hybridized carbons (Fsp3) is 0.800. The first kappa shape index (κ1) is 15.7. The van der Waals surface area contributed by atoms with E-state index in [1.54, 1.807) is 7.11 Å². The summed E-state index contributed by atoms with van der Waals surface area (Å²) in [5.74, 6) is 0. The van der Waals surface area contributed by atoms with Gasteiger partial charge in [-0.25, -0.2) is 4.98 Å². The van der Waals surface area contributed by atoms with Crippen LogP contribution in [0, 0.1) is 0 Å². The molecule has 4 nitrogen and oxygen atoms in total. The molecule has 0 unspecified atom stereocenters. The number of piperidine rings is 1. The maximum Gasteiger partial charge on any atom is 0.185 e. The van der Waals surface area contributed by atoms with Crippen molar-refractivity contribution in [2.24, 2.45) is 0 Å². The predicted octanol–water partition coefficient (Wildman–Crippen LogP) is 3.17. The maximum absolute atomic E-state index is 5.30. The third kappa shape index (κ3) is 4.43. The summed E-state index contributed by atoms with van der Waals surface area (Å²) in [7, 11) is 1.74. The number of ether oxygens (including phenoxy) is 1. The summed E-state index contributed by atoms with van der Waals surface area (Å²) < 4.78 is 5.30. The molecule has 1 aliphatic heterocycles. The van der Waals surface area contributed by atoms with Gasteiger partial charge >= 0.3 is 0 Å². The smallest absolute Gasteiger partial charge is 0.185 e. The van der Waals surface area contributed by atoms with E-state index in [-0.39, 0.29) is 5.54 Å². The van der Waals surface area contributed by atoms with E-state index in [0.29, 0.717) is 6.61 Å². The van der Waals surface area contributed by atoms with Gasteiger partial charge in [-0.2, -0.15) is 0 Å². The van der Waals surface area contributed by atoms with Crippen molar-refractivity contribution in [1.82, 2.24) is 10.3 Å². The zero-order chi connectivity index (χ0) is 14.6. The van der Waals surface area contributed by atoms with Crippen LogP contribution in [0.15, 0.2) is 0 Å². The third-order valence-electron chi connectivity index (χ3n) is 3.45. The summed E-state index contributed by atoms with van der Waals surface area (Å²) in [6, 6.07) is 0. The van der Waals surface area contributed by atoms with E-state index in [0.717, 1.165) is 25.3 Å². The van der Waals surface area contributed by atoms with E-state index >= 15 is 0 Å². The van der Waals surface area contributed by atoms with Gasteiger partial charge in [-0.1, -0.05) is 0 Å². The summed E-state index contributed by atoms with van der Waals surface area (Å²) >= 11 is 1.82. The molecule has 1 saturated heterocycles. The van der Waals surface area contributed by atoms with Crippen molar-refractivity contribution in [1.29, 1.82) is 0 Å². The quantitative estimate of drug-likeness (QED) is 0.906. The molecule has 0 aromatic carbocycles. The highest BCUT2D eigenvalue weighted by molar-refractivity contribution is 7.15. The predicted molar refractivity (Wildman–Crippen MR) is 85.5 cm³/mol. The minimum atomic E-state index is 0.125. The van der Waals surface area contributed by atoms with Gasteiger partial charge in [-0.3, -0.25) is 0 Å². The highest BCUT2D eigenvalue weighted by Crippen LogP contribution is 2.29. The number of thiazole rings is 1. The zero-order valence-electron chi connectivity index (χ0n) is 13.2. The second kappa shape index (κ2) is 6.87. The van der Waals surface area contributed by atoms with Crippen LogP contribution in [0.25, 0.3) is 0 Å². The first-order valence-electron chi connectivity index (χ1n) is 7.47. The Bertz CT molecular complexity index is 419. The number of methoxy groups -OCH3 is 1. The van der Waals surface area contributed by atoms with Gasteiger partial charge in [0.15, 0.2) is 5.13 Å². The van der Waals surface area contributed by atoms with Crippen LogP contribution >= 0.6 is 11.3 Å². The Morgan fingerprint density at radius 3 is 2.55 bits per heavy atom. The van der Waals surface area contributed by atoms with Crippen LogP contribution in [0.3, 0.4) is 0 Å². The van der Waals surface area contributed by atoms with Crippen LogP contribution in [-0.4, -0.2) is 30.7 Å². The summed E-state index contributed by atoms with van der Waals surface area (Å²) in [6.07, 6.45) is 3.93. The molecule has 5 heteroatoms. The Hall–Kier alpha value is -0.650. The van der Waals surface area contributed by atoms with E-state index in [4.69, 9.17) is 9.72 Å². The lowest BCUT2D eigenvalue weighted by molar-refractivity contribution is 0.181. The van der Waals surface area contributed by atoms with E-state index in [1.807, 2.05) is 11.3 Å². The zero-order valence-corrected chi connectivity index (χ0v) is 14.0. The fourth-order valence-corrected chi connectivity index (χ4v) is 3.38. The molecule has 0 atom stereocenters. The topological polar surface area (TPSA) is 37.4 Å². The van der Waals surface area contributed by atoms with Crippen molar-refractivity contribution in [3.8, 4) is 0 Å². The Kier molecular flexibility index (Phi) is 5.41. The molecule has 0 radical (unpaired) electrons. The molecule has 0 amide bonds. The first-order valence-corrected chi connectivity index (χ1v) is 8.29. The molecule has 2 rings (SSSR count). The van der Waals surface area contributed by atoms with Crippen molar-refractivity contribution in [3.63, 3.8) is 0 Å². The fourth-order valence-electron chi connectivity index (χ4n) is 2.32. The molecular formula is C15H27N3OS. The van der Waals surface area contributed by atoms with Crippen molar-refractivity contribution in [2.45, 2.75) is 58.7 Å². The van der Waals surface area contributed by atoms with Crippen LogP contribution in [0.2, 0.25) is 0 Å². The van der Waals surface area contributed by atoms with Crippen molar-refractivity contribution in [2.75, 3.05) is 25.1 Å². The Balaban J connectivity index is 2.10. The Labute approximate surface area is 126 Å². The van der Waals surface area contributed by atoms with Crippen LogP contribution in [-0.2, 0) is 17.9 Å². The van der Waals surface area contributed by atoms with E-state index in [1.165, 1.54) is 29.3 Å². The minimum absolute atomic E-state index is 0.125. The molecule has 20 heavy (non-hydrogen) atoms. The van der Waals surface area contributed by atoms with E-state index in [2.05, 4.69) is 31.0 Å². The number of anilines is 1. The number of aromatic nitrogens is 1. The normalized spacial score (nSPS) is 16.7. The minimum Gasteiger partial charge on any atom is -0.378 e. The molecule has 1 aromatic rings. The Morgan fingerprint density at radius 1 is 1.25 bits per heavy atom. The number of nitrogens with one attached hydrogen (secondary N) is 1. The molecule has 2 heterocycles. The molecule has 0 bridgehead atoms. The van der Waals surface area contributed by atoms with Gasteiger partial charge in [-0.05, 0) is 40.0 Å². The second-order valence-electron chi connectivity index (χ2n) is 6.45. The van der Waals surface area contributed by atoms with Crippen LogP contribution < -0.4 is 10.2 Å². The van der Waals surface area contributed by atoms with Gasteiger partial charge in [0.2, 0.25) is 0 Å². The first-order chi connectivity index (χ1) is 9.49. The average molecular weight is 297 g/mol. The number of hydrogen-bond acceptors (Lipinski definition) is 5. The highest BCUT2D eigenvalue weighted by atomic mass is 32.1. The molecule has 1 N–H and O–H groups in total. The summed E-state index contributed by atoms with van der Waals surface area (Å²) in [6.45, 7) is 10.3. The lowest BCUT2D eigenvalue weighted by Crippen LogP contribution is -2.35. The van der Waals surface area contributed by atoms with Gasteiger partial charge in [0.1, 0.15) is 0 Å². The molecule has 0 aliphatic carbocycles. The van der Waals surface area contributed by atoms with E-state index < -0.39 is 0 Å². The van der Waals surface area contributed by atoms with Crippen molar-refractivity contribution in [3.05, 3.63) is 10.6 Å². The molecule has 0 saturated carbocycles. The third-order valence-corrected chi connectivity index (χ3v) is 4.61. The summed E-state index contributed by atoms with van der Waals surface area (Å²) in [4.78, 5) is 8.54. The number of hydrogen-bond donors (Lipinski definition) is 1. The van der Waals surface area contributed by atoms with Gasteiger partial charge in [0.05, 0.1) is 12.3 Å². The second-order valence-corrected chi connectivity index (χ2v) is 7.51. The largest absolute Gasteiger partial charge is 0.378 e. The molecule has 0 spiro atoms. The SMILES string of the molecule is COCc1nc(N2CCCCC2)sc1CNC(C)(C)C. The van der Waals surface area contributed by atoms with Crippen molar-refractivity contribution >= 4 is 16.5 Å². The molecule has 114 valence electrons. The van der Waals surface area contributed by atoms with Gasteiger partial charge in [-0.15, -0.1) is 11.3 Å². The number of nitrogens with zero attached hydrogens (tertiary/aromatic N) is 2. The van der Waals surface area contributed by atoms with Gasteiger partial charge in [0, 0.05) is 37.2 Å². The van der Waals surface area contributed by atoms with Gasteiger partial charge < -0.3 is 15.0 Å². The van der Waals surface area contributed by atoms with Crippen LogP contribution in [0.4, 0.5) is 5.13 Å². The standard InChI is InChI=1S/C15H27N3OS/c1-15(2,3)16-10-13-12(11-19-4)17-14(20-13)18-8-6-5-7-9-18/h16H,5-11H2,1-4H3. The summed E-state index contributed by atoms with van der Waals surface area (Å²) in [5.41, 5.74) is 1.22. The molecule has 1 aliphatic rings. The summed E-state index contributed by atoms with van der Waals surface area (Å²) in [5, 5.41) is 4.72. The molecule has 1 fully saturated rings. The Morgan fingerprint density at radius 2 is 1.95 bits per heavy atom. The molecular weight excluding hydrogens is 270 g/mol. The van der Waals surface area contributed by atoms with E-state index in [9.17, 15) is 0 Å². The maximum atomic E-state index is 5.30. The highest BCUT2D eigenvalue weighted by Gasteiger charge is 2.19. The molecule has 1 aromatic heterocycles. The van der Waals surface area contributed by atoms with Crippen molar-refractivity contribution < 1.29 is 4.74 Å². The number of rotatable bonds is 5. The lowest BCUT2D eigenvalue weighted by atomic mass is 10.1. The van der Waals surface area contributed by atoms with Crippen LogP contribution in [0.5, 0.6) is 0 Å². The van der Waals surface area contributed by atoms with Gasteiger partial charge in [0.25, 0.3) is 0 Å². The van der Waals surface area contributed by atoms with Crippen LogP contribution in [0.1, 0.15) is 50.6 Å². The monoisotopic (exact) mass is 297 g/mol. The lowest BCUT2D eigenvalue weighted by Gasteiger charge is -2.25. The average Bonchev–Trinajstić information content (AvgIpc) is 2.80.